The van der Waals surface area contributed by atoms with E-state index in [0.717, 1.165) is 5.71 Å². The number of aromatic nitrogens is 1. The zero-order valence-electron chi connectivity index (χ0n) is 10.2. The van der Waals surface area contributed by atoms with Crippen molar-refractivity contribution in [1.29, 1.82) is 0 Å². The van der Waals surface area contributed by atoms with Crippen LogP contribution in [0.5, 0.6) is 0 Å². The second-order valence-electron chi connectivity index (χ2n) is 5.52. The summed E-state index contributed by atoms with van der Waals surface area (Å²) in [5.74, 6) is 1.16. The largest absolute Gasteiger partial charge is 0.411 e. The molecule has 3 atom stereocenters. The first-order valence-corrected chi connectivity index (χ1v) is 6.66. The van der Waals surface area contributed by atoms with E-state index in [1.165, 1.54) is 30.2 Å². The second kappa shape index (κ2) is 3.61. The summed E-state index contributed by atoms with van der Waals surface area (Å²) in [7, 11) is 0. The lowest BCUT2D eigenvalue weighted by molar-refractivity contribution is 0.307. The minimum Gasteiger partial charge on any atom is -0.411 e. The molecule has 2 aliphatic carbocycles. The molecule has 0 saturated heterocycles. The topological polar surface area (TPSA) is 37.5 Å². The fourth-order valence-corrected chi connectivity index (χ4v) is 3.91. The third kappa shape index (κ3) is 1.22. The number of rotatable bonds is 1. The number of para-hydroxylation sites is 1. The fourth-order valence-electron chi connectivity index (χ4n) is 3.91. The Morgan fingerprint density at radius 2 is 2.06 bits per heavy atom. The van der Waals surface area contributed by atoms with Gasteiger partial charge in [0.15, 0.2) is 0 Å². The molecule has 0 aliphatic heterocycles. The van der Waals surface area contributed by atoms with Crippen LogP contribution in [0.2, 0.25) is 0 Å². The van der Waals surface area contributed by atoms with Crippen molar-refractivity contribution in [2.24, 2.45) is 17.0 Å². The van der Waals surface area contributed by atoms with Crippen molar-refractivity contribution in [2.45, 2.75) is 25.3 Å². The van der Waals surface area contributed by atoms with Crippen LogP contribution in [0.15, 0.2) is 41.7 Å². The van der Waals surface area contributed by atoms with Gasteiger partial charge in [-0.2, -0.15) is 0 Å². The van der Waals surface area contributed by atoms with Gasteiger partial charge >= 0.3 is 0 Å². The third-order valence-corrected chi connectivity index (χ3v) is 4.69. The Kier molecular flexibility index (Phi) is 2.04. The van der Waals surface area contributed by atoms with Crippen molar-refractivity contribution in [3.63, 3.8) is 0 Å². The van der Waals surface area contributed by atoms with E-state index in [-0.39, 0.29) is 6.04 Å². The Morgan fingerprint density at radius 1 is 1.17 bits per heavy atom. The highest BCUT2D eigenvalue weighted by atomic mass is 16.4. The van der Waals surface area contributed by atoms with Crippen molar-refractivity contribution in [3.8, 4) is 0 Å². The lowest BCUT2D eigenvalue weighted by Crippen LogP contribution is -2.25. The van der Waals surface area contributed by atoms with E-state index in [4.69, 9.17) is 0 Å². The van der Waals surface area contributed by atoms with Gasteiger partial charge in [-0.05, 0) is 42.7 Å². The maximum absolute atomic E-state index is 9.30. The van der Waals surface area contributed by atoms with Gasteiger partial charge in [-0.15, -0.1) is 0 Å². The van der Waals surface area contributed by atoms with Crippen LogP contribution >= 0.6 is 0 Å². The Morgan fingerprint density at radius 3 is 2.94 bits per heavy atom. The van der Waals surface area contributed by atoms with Crippen molar-refractivity contribution >= 4 is 16.6 Å². The minimum atomic E-state index is 0.272. The summed E-state index contributed by atoms with van der Waals surface area (Å²) in [5.41, 5.74) is 2.24. The highest BCUT2D eigenvalue weighted by molar-refractivity contribution is 5.94. The highest BCUT2D eigenvalue weighted by Gasteiger charge is 2.46. The van der Waals surface area contributed by atoms with Gasteiger partial charge in [0, 0.05) is 17.6 Å². The average molecular weight is 240 g/mol. The van der Waals surface area contributed by atoms with Gasteiger partial charge < -0.3 is 9.77 Å². The zero-order valence-corrected chi connectivity index (χ0v) is 10.2. The first-order valence-electron chi connectivity index (χ1n) is 6.66. The lowest BCUT2D eigenvalue weighted by atomic mass is 9.93. The summed E-state index contributed by atoms with van der Waals surface area (Å²) < 4.78 is 2.30. The molecular weight excluding hydrogens is 224 g/mol. The molecule has 0 amide bonds. The Labute approximate surface area is 106 Å². The standard InChI is InChI=1S/C15H16N2O/c18-16-14-11-5-6-12(9-11)15(14)17-8-7-10-3-1-2-4-13(10)17/h1-4,7-8,11-12,15,18H,5-6,9H2. The lowest BCUT2D eigenvalue weighted by Gasteiger charge is -2.25. The van der Waals surface area contributed by atoms with Crippen LogP contribution in [0.1, 0.15) is 25.3 Å². The number of benzene rings is 1. The van der Waals surface area contributed by atoms with Crippen LogP contribution in [-0.2, 0) is 0 Å². The molecule has 18 heavy (non-hydrogen) atoms. The van der Waals surface area contributed by atoms with Gasteiger partial charge in [0.25, 0.3) is 0 Å². The Hall–Kier alpha value is -1.77. The fraction of sp³-hybridized carbons (Fsp3) is 0.400. The summed E-state index contributed by atoms with van der Waals surface area (Å²) in [5, 5.41) is 14.2. The maximum atomic E-state index is 9.30. The molecule has 0 radical (unpaired) electrons. The van der Waals surface area contributed by atoms with Crippen molar-refractivity contribution < 1.29 is 5.21 Å². The number of hydrogen-bond acceptors (Lipinski definition) is 2. The molecule has 3 heteroatoms. The molecule has 92 valence electrons. The molecule has 2 bridgehead atoms. The van der Waals surface area contributed by atoms with Crippen LogP contribution in [0, 0.1) is 11.8 Å². The van der Waals surface area contributed by atoms with Crippen LogP contribution < -0.4 is 0 Å². The first kappa shape index (κ1) is 10.2. The van der Waals surface area contributed by atoms with Crippen molar-refractivity contribution in [3.05, 3.63) is 36.5 Å². The molecule has 4 rings (SSSR count). The molecule has 0 spiro atoms. The predicted molar refractivity (Wildman–Crippen MR) is 71.0 cm³/mol. The third-order valence-electron chi connectivity index (χ3n) is 4.69. The summed E-state index contributed by atoms with van der Waals surface area (Å²) >= 11 is 0. The average Bonchev–Trinajstić information content (AvgIpc) is 3.11. The van der Waals surface area contributed by atoms with Crippen molar-refractivity contribution in [2.75, 3.05) is 0 Å². The molecule has 2 aliphatic rings. The molecule has 3 unspecified atom stereocenters. The van der Waals surface area contributed by atoms with Gasteiger partial charge in [0.1, 0.15) is 0 Å². The van der Waals surface area contributed by atoms with Gasteiger partial charge in [-0.25, -0.2) is 0 Å². The maximum Gasteiger partial charge on any atom is 0.0832 e. The molecule has 1 heterocycles. The molecule has 1 N–H and O–H groups in total. The first-order chi connectivity index (χ1) is 8.88. The van der Waals surface area contributed by atoms with E-state index < -0.39 is 0 Å². The number of nitrogens with zero attached hydrogens (tertiary/aromatic N) is 2. The van der Waals surface area contributed by atoms with Crippen LogP contribution in [0.4, 0.5) is 0 Å². The van der Waals surface area contributed by atoms with Crippen LogP contribution in [0.3, 0.4) is 0 Å². The molecule has 3 nitrogen and oxygen atoms in total. The number of oxime groups is 1. The van der Waals surface area contributed by atoms with E-state index in [1.54, 1.807) is 0 Å². The highest BCUT2D eigenvalue weighted by Crippen LogP contribution is 2.49. The van der Waals surface area contributed by atoms with E-state index >= 15 is 0 Å². The second-order valence-corrected chi connectivity index (χ2v) is 5.52. The van der Waals surface area contributed by atoms with Crippen LogP contribution in [0.25, 0.3) is 10.9 Å². The van der Waals surface area contributed by atoms with Crippen LogP contribution in [-0.4, -0.2) is 15.5 Å². The SMILES string of the molecule is ON=C1C2CCC(C2)C1n1ccc2ccccc21. The number of hydrogen-bond donors (Lipinski definition) is 1. The monoisotopic (exact) mass is 240 g/mol. The quantitative estimate of drug-likeness (QED) is 0.601. The molecule has 1 aromatic carbocycles. The summed E-state index contributed by atoms with van der Waals surface area (Å²) in [6.07, 6.45) is 5.79. The Balaban J connectivity index is 1.88. The van der Waals surface area contributed by atoms with Gasteiger partial charge in [0.05, 0.1) is 11.8 Å². The molecule has 1 aromatic heterocycles. The van der Waals surface area contributed by atoms with E-state index in [9.17, 15) is 5.21 Å². The Bertz CT molecular complexity index is 628. The molecule has 2 fully saturated rings. The smallest absolute Gasteiger partial charge is 0.0832 e. The zero-order chi connectivity index (χ0) is 12.1. The molecular formula is C15H16N2O. The summed E-state index contributed by atoms with van der Waals surface area (Å²) in [6, 6.07) is 10.8. The molecule has 2 aromatic rings. The van der Waals surface area contributed by atoms with Crippen molar-refractivity contribution in [1.82, 2.24) is 4.57 Å². The van der Waals surface area contributed by atoms with Gasteiger partial charge in [-0.3, -0.25) is 0 Å². The van der Waals surface area contributed by atoms with Gasteiger partial charge in [0.2, 0.25) is 0 Å². The summed E-state index contributed by atoms with van der Waals surface area (Å²) in [6.45, 7) is 0. The minimum absolute atomic E-state index is 0.272. The summed E-state index contributed by atoms with van der Waals surface area (Å²) in [4.78, 5) is 0. The van der Waals surface area contributed by atoms with Gasteiger partial charge in [-0.1, -0.05) is 23.4 Å². The molecule has 2 saturated carbocycles. The van der Waals surface area contributed by atoms with E-state index in [2.05, 4.69) is 46.3 Å². The normalized spacial score (nSPS) is 32.7. The van der Waals surface area contributed by atoms with E-state index in [1.807, 2.05) is 0 Å². The number of fused-ring (bicyclic) bond motifs is 3. The van der Waals surface area contributed by atoms with E-state index in [0.29, 0.717) is 11.8 Å². The predicted octanol–water partition coefficient (Wildman–Crippen LogP) is 3.44.